The van der Waals surface area contributed by atoms with Gasteiger partial charge in [0.1, 0.15) is 6.54 Å². The summed E-state index contributed by atoms with van der Waals surface area (Å²) in [6.07, 6.45) is 0. The molecule has 1 aliphatic heterocycles. The number of fused-ring (bicyclic) bond motifs is 1. The summed E-state index contributed by atoms with van der Waals surface area (Å²) in [7, 11) is 1.25. The number of esters is 1. The van der Waals surface area contributed by atoms with E-state index in [9.17, 15) is 14.5 Å². The molecule has 0 radical (unpaired) electrons. The monoisotopic (exact) mass is 279 g/mol. The Morgan fingerprint density at radius 2 is 2.10 bits per heavy atom. The van der Waals surface area contributed by atoms with Gasteiger partial charge in [-0.2, -0.15) is 0 Å². The number of nitrogens with zero attached hydrogens (tertiary/aromatic N) is 2. The van der Waals surface area contributed by atoms with Crippen LogP contribution in [-0.2, 0) is 19.7 Å². The fraction of sp³-hybridized carbons (Fsp3) is 0.385. The quantitative estimate of drug-likeness (QED) is 0.665. The van der Waals surface area contributed by atoms with Crippen LogP contribution in [0, 0.1) is 4.91 Å². The lowest BCUT2D eigenvalue weighted by Gasteiger charge is -2.19. The van der Waals surface area contributed by atoms with Crippen molar-refractivity contribution >= 4 is 23.3 Å². The van der Waals surface area contributed by atoms with E-state index >= 15 is 0 Å². The molecule has 0 aromatic heterocycles. The van der Waals surface area contributed by atoms with E-state index in [4.69, 9.17) is 5.21 Å². The predicted octanol–water partition coefficient (Wildman–Crippen LogP) is 1.28. The standard InChI is InChI=1S/C13H15N2O5/c1-13(2)9-6-8(15(18)19)4-5-10(9)14(12(13)17)7-11(16)20-3/h4-6H,7H2,1-3H3,(H,18,19)/q+1. The van der Waals surface area contributed by atoms with E-state index in [1.807, 2.05) is 0 Å². The fourth-order valence-corrected chi connectivity index (χ4v) is 2.29. The third-order valence-corrected chi connectivity index (χ3v) is 3.46. The van der Waals surface area contributed by atoms with Crippen LogP contribution in [-0.4, -0.2) is 35.7 Å². The highest BCUT2D eigenvalue weighted by Crippen LogP contribution is 2.42. The number of rotatable bonds is 3. The van der Waals surface area contributed by atoms with Crippen LogP contribution in [0.15, 0.2) is 18.2 Å². The van der Waals surface area contributed by atoms with Crippen molar-refractivity contribution in [2.75, 3.05) is 18.6 Å². The Balaban J connectivity index is 2.51. The predicted molar refractivity (Wildman–Crippen MR) is 68.9 cm³/mol. The molecule has 0 aliphatic carbocycles. The molecule has 1 aromatic carbocycles. The summed E-state index contributed by atoms with van der Waals surface area (Å²) in [6.45, 7) is 3.20. The van der Waals surface area contributed by atoms with Crippen molar-refractivity contribution in [3.8, 4) is 0 Å². The van der Waals surface area contributed by atoms with Gasteiger partial charge in [0, 0.05) is 17.8 Å². The molecule has 0 spiro atoms. The molecule has 0 atom stereocenters. The second-order valence-electron chi connectivity index (χ2n) is 5.07. The number of anilines is 1. The number of ether oxygens (including phenoxy) is 1. The first-order valence-electron chi connectivity index (χ1n) is 5.98. The third kappa shape index (κ3) is 2.01. The van der Waals surface area contributed by atoms with E-state index in [1.165, 1.54) is 30.2 Å². The minimum Gasteiger partial charge on any atom is -0.468 e. The summed E-state index contributed by atoms with van der Waals surface area (Å²) in [6, 6.07) is 4.35. The molecule has 20 heavy (non-hydrogen) atoms. The van der Waals surface area contributed by atoms with E-state index in [-0.39, 0.29) is 23.1 Å². The van der Waals surface area contributed by atoms with Crippen molar-refractivity contribution in [2.45, 2.75) is 19.3 Å². The van der Waals surface area contributed by atoms with Gasteiger partial charge in [0.2, 0.25) is 5.91 Å². The van der Waals surface area contributed by atoms with E-state index in [2.05, 4.69) is 4.74 Å². The average molecular weight is 279 g/mol. The van der Waals surface area contributed by atoms with Crippen LogP contribution in [0.25, 0.3) is 0 Å². The van der Waals surface area contributed by atoms with Gasteiger partial charge >= 0.3 is 11.7 Å². The van der Waals surface area contributed by atoms with Crippen molar-refractivity contribution in [1.29, 1.82) is 0 Å². The molecule has 0 unspecified atom stereocenters. The van der Waals surface area contributed by atoms with Crippen molar-refractivity contribution in [2.24, 2.45) is 0 Å². The second kappa shape index (κ2) is 4.59. The molecule has 0 bridgehead atoms. The molecular formula is C13H15N2O5+. The average Bonchev–Trinajstić information content (AvgIpc) is 2.59. The maximum absolute atomic E-state index is 12.4. The SMILES string of the molecule is COC(=O)CN1C(=O)C(C)(C)c2cc([N+](=O)O)ccc21. The van der Waals surface area contributed by atoms with Crippen LogP contribution in [0.2, 0.25) is 0 Å². The summed E-state index contributed by atoms with van der Waals surface area (Å²) in [5.74, 6) is -0.788. The van der Waals surface area contributed by atoms with Crippen LogP contribution in [0.5, 0.6) is 0 Å². The Hall–Kier alpha value is -2.44. The summed E-state index contributed by atoms with van der Waals surface area (Å²) in [4.78, 5) is 35.8. The summed E-state index contributed by atoms with van der Waals surface area (Å²) in [5, 5.41) is 8.95. The Morgan fingerprint density at radius 1 is 1.45 bits per heavy atom. The molecule has 7 heteroatoms. The van der Waals surface area contributed by atoms with Crippen molar-refractivity contribution in [1.82, 2.24) is 0 Å². The molecule has 1 heterocycles. The lowest BCUT2D eigenvalue weighted by molar-refractivity contribution is -0.729. The molecule has 1 aliphatic rings. The molecule has 106 valence electrons. The van der Waals surface area contributed by atoms with E-state index in [0.717, 1.165) is 0 Å². The normalized spacial score (nSPS) is 15.9. The highest BCUT2D eigenvalue weighted by Gasteiger charge is 2.45. The van der Waals surface area contributed by atoms with Crippen LogP contribution in [0.4, 0.5) is 11.4 Å². The van der Waals surface area contributed by atoms with Gasteiger partial charge in [-0.15, -0.1) is 0 Å². The van der Waals surface area contributed by atoms with E-state index in [0.29, 0.717) is 11.3 Å². The Kier molecular flexibility index (Phi) is 3.21. The van der Waals surface area contributed by atoms with Gasteiger partial charge < -0.3 is 9.64 Å². The van der Waals surface area contributed by atoms with Crippen LogP contribution in [0.1, 0.15) is 19.4 Å². The minimum atomic E-state index is -0.880. The number of methoxy groups -OCH3 is 1. The van der Waals surface area contributed by atoms with Gasteiger partial charge in [-0.05, 0) is 25.5 Å². The largest absolute Gasteiger partial charge is 0.468 e. The van der Waals surface area contributed by atoms with Crippen molar-refractivity contribution in [3.05, 3.63) is 28.7 Å². The van der Waals surface area contributed by atoms with Gasteiger partial charge in [0.25, 0.3) is 4.92 Å². The smallest absolute Gasteiger partial charge is 0.325 e. The summed E-state index contributed by atoms with van der Waals surface area (Å²) < 4.78 is 4.57. The van der Waals surface area contributed by atoms with Gasteiger partial charge in [-0.3, -0.25) is 9.59 Å². The summed E-state index contributed by atoms with van der Waals surface area (Å²) >= 11 is 0. The van der Waals surface area contributed by atoms with Crippen LogP contribution >= 0.6 is 0 Å². The Morgan fingerprint density at radius 3 is 2.65 bits per heavy atom. The van der Waals surface area contributed by atoms with Gasteiger partial charge in [-0.1, -0.05) is 0 Å². The highest BCUT2D eigenvalue weighted by atomic mass is 16.6. The Bertz CT molecular complexity index is 609. The lowest BCUT2D eigenvalue weighted by atomic mass is 9.86. The number of hydrogen-bond acceptors (Lipinski definition) is 4. The minimum absolute atomic E-state index is 0.0320. The number of benzene rings is 1. The molecule has 0 saturated heterocycles. The van der Waals surface area contributed by atoms with Gasteiger partial charge in [0.05, 0.1) is 17.4 Å². The first-order chi connectivity index (χ1) is 9.28. The zero-order valence-corrected chi connectivity index (χ0v) is 11.4. The zero-order valence-electron chi connectivity index (χ0n) is 11.4. The maximum atomic E-state index is 12.4. The molecule has 1 N–H and O–H groups in total. The lowest BCUT2D eigenvalue weighted by Crippen LogP contribution is -2.39. The molecule has 1 amide bonds. The van der Waals surface area contributed by atoms with E-state index < -0.39 is 11.4 Å². The highest BCUT2D eigenvalue weighted by molar-refractivity contribution is 6.10. The van der Waals surface area contributed by atoms with Gasteiger partial charge in [0.15, 0.2) is 0 Å². The first-order valence-corrected chi connectivity index (χ1v) is 5.98. The van der Waals surface area contributed by atoms with Gasteiger partial charge in [-0.25, -0.2) is 5.21 Å². The fourth-order valence-electron chi connectivity index (χ4n) is 2.29. The molecule has 0 saturated carbocycles. The third-order valence-electron chi connectivity index (χ3n) is 3.46. The first kappa shape index (κ1) is 14.0. The summed E-state index contributed by atoms with van der Waals surface area (Å²) in [5.41, 5.74) is 0.273. The van der Waals surface area contributed by atoms with Crippen molar-refractivity contribution < 1.29 is 24.5 Å². The van der Waals surface area contributed by atoms with E-state index in [1.54, 1.807) is 13.8 Å². The van der Waals surface area contributed by atoms with Crippen LogP contribution < -0.4 is 4.90 Å². The second-order valence-corrected chi connectivity index (χ2v) is 5.07. The number of hydrogen-bond donors (Lipinski definition) is 1. The molecule has 1 aromatic rings. The maximum Gasteiger partial charge on any atom is 0.325 e. The zero-order chi connectivity index (χ0) is 15.1. The molecular weight excluding hydrogens is 264 g/mol. The number of carbonyl (C=O) groups is 2. The molecule has 0 fully saturated rings. The Labute approximate surface area is 115 Å². The number of amides is 1. The topological polar surface area (TPSA) is 86.9 Å². The molecule has 2 rings (SSSR count). The van der Waals surface area contributed by atoms with Crippen LogP contribution in [0.3, 0.4) is 0 Å². The molecule has 7 nitrogen and oxygen atoms in total. The number of carbonyl (C=O) groups excluding carboxylic acids is 2. The van der Waals surface area contributed by atoms with Crippen molar-refractivity contribution in [3.63, 3.8) is 0 Å².